The molecule has 0 aromatic rings. The van der Waals surface area contributed by atoms with Gasteiger partial charge < -0.3 is 10.8 Å². The van der Waals surface area contributed by atoms with Crippen molar-refractivity contribution >= 4 is 9.84 Å². The number of nitrogens with two attached hydrogens (primary N) is 1. The van der Waals surface area contributed by atoms with Crippen molar-refractivity contribution < 1.29 is 13.5 Å². The Kier molecular flexibility index (Phi) is 2.88. The van der Waals surface area contributed by atoms with Gasteiger partial charge in [-0.1, -0.05) is 13.8 Å². The summed E-state index contributed by atoms with van der Waals surface area (Å²) in [5.74, 6) is 0.221. The van der Waals surface area contributed by atoms with Gasteiger partial charge in [-0.15, -0.1) is 0 Å². The molecule has 2 unspecified atom stereocenters. The van der Waals surface area contributed by atoms with Gasteiger partial charge in [0, 0.05) is 12.0 Å². The van der Waals surface area contributed by atoms with Gasteiger partial charge >= 0.3 is 0 Å². The molecule has 17 heavy (non-hydrogen) atoms. The van der Waals surface area contributed by atoms with Gasteiger partial charge in [-0.3, -0.25) is 0 Å². The average Bonchev–Trinajstić information content (AvgIpc) is 2.67. The van der Waals surface area contributed by atoms with Crippen LogP contribution in [-0.2, 0) is 9.84 Å². The molecular formula is C12H23NO3S. The van der Waals surface area contributed by atoms with Crippen LogP contribution in [-0.4, -0.2) is 37.2 Å². The number of rotatable bonds is 2. The van der Waals surface area contributed by atoms with Gasteiger partial charge in [0.25, 0.3) is 0 Å². The quantitative estimate of drug-likeness (QED) is 0.766. The molecule has 4 nitrogen and oxygen atoms in total. The molecule has 2 fully saturated rings. The number of hydrogen-bond acceptors (Lipinski definition) is 4. The van der Waals surface area contributed by atoms with Crippen LogP contribution in [0.15, 0.2) is 0 Å². The smallest absolute Gasteiger partial charge is 0.151 e. The first-order valence-corrected chi connectivity index (χ1v) is 8.13. The molecule has 100 valence electrons. The van der Waals surface area contributed by atoms with Crippen LogP contribution in [0.2, 0.25) is 0 Å². The summed E-state index contributed by atoms with van der Waals surface area (Å²) in [6, 6.07) is 0. The third kappa shape index (κ3) is 1.74. The third-order valence-corrected chi connectivity index (χ3v) is 6.93. The average molecular weight is 261 g/mol. The van der Waals surface area contributed by atoms with Crippen LogP contribution >= 0.6 is 0 Å². The third-order valence-electron chi connectivity index (χ3n) is 5.12. The fourth-order valence-electron chi connectivity index (χ4n) is 3.89. The Morgan fingerprint density at radius 1 is 1.24 bits per heavy atom. The maximum absolute atomic E-state index is 11.7. The molecular weight excluding hydrogens is 238 g/mol. The lowest BCUT2D eigenvalue weighted by molar-refractivity contribution is -0.131. The lowest BCUT2D eigenvalue weighted by Gasteiger charge is -2.49. The van der Waals surface area contributed by atoms with E-state index in [2.05, 4.69) is 0 Å². The predicted molar refractivity (Wildman–Crippen MR) is 67.3 cm³/mol. The normalized spacial score (nSPS) is 44.0. The molecule has 2 aliphatic rings. The molecule has 0 amide bonds. The van der Waals surface area contributed by atoms with Crippen molar-refractivity contribution in [1.82, 2.24) is 0 Å². The zero-order valence-electron chi connectivity index (χ0n) is 10.7. The van der Waals surface area contributed by atoms with E-state index in [1.54, 1.807) is 0 Å². The Morgan fingerprint density at radius 3 is 2.24 bits per heavy atom. The maximum Gasteiger partial charge on any atom is 0.151 e. The lowest BCUT2D eigenvalue weighted by Crippen LogP contribution is -2.58. The second-order valence-corrected chi connectivity index (χ2v) is 8.61. The zero-order valence-corrected chi connectivity index (χ0v) is 11.5. The molecule has 0 aromatic carbocycles. The Bertz CT molecular complexity index is 417. The van der Waals surface area contributed by atoms with Crippen molar-refractivity contribution in [2.75, 3.05) is 18.1 Å². The Balaban J connectivity index is 2.43. The van der Waals surface area contributed by atoms with Crippen LogP contribution in [0.25, 0.3) is 0 Å². The van der Waals surface area contributed by atoms with Crippen LogP contribution in [0.1, 0.15) is 39.5 Å². The first-order valence-electron chi connectivity index (χ1n) is 6.31. The molecule has 1 saturated heterocycles. The predicted octanol–water partition coefficient (Wildman–Crippen LogP) is 0.691. The molecule has 0 radical (unpaired) electrons. The summed E-state index contributed by atoms with van der Waals surface area (Å²) in [6.45, 7) is 4.32. The van der Waals surface area contributed by atoms with Crippen LogP contribution in [0.3, 0.4) is 0 Å². The summed E-state index contributed by atoms with van der Waals surface area (Å²) in [5, 5.41) is 11.1. The van der Waals surface area contributed by atoms with Gasteiger partial charge in [-0.25, -0.2) is 8.42 Å². The van der Waals surface area contributed by atoms with Gasteiger partial charge in [0.2, 0.25) is 0 Å². The van der Waals surface area contributed by atoms with E-state index in [-0.39, 0.29) is 23.5 Å². The fraction of sp³-hybridized carbons (Fsp3) is 1.00. The Labute approximate surface area is 104 Å². The molecule has 0 bridgehead atoms. The highest BCUT2D eigenvalue weighted by Crippen LogP contribution is 2.57. The minimum Gasteiger partial charge on any atom is -0.389 e. The highest BCUT2D eigenvalue weighted by atomic mass is 32.2. The largest absolute Gasteiger partial charge is 0.389 e. The SMILES string of the molecule is CC1(C)CCCC1(O)C1(CN)CCS(=O)(=O)C1. The van der Waals surface area contributed by atoms with Gasteiger partial charge in [0.15, 0.2) is 9.84 Å². The molecule has 2 rings (SSSR count). The summed E-state index contributed by atoms with van der Waals surface area (Å²) in [7, 11) is -3.03. The summed E-state index contributed by atoms with van der Waals surface area (Å²) in [6.07, 6.45) is 3.06. The van der Waals surface area contributed by atoms with E-state index >= 15 is 0 Å². The number of hydrogen-bond donors (Lipinski definition) is 2. The summed E-state index contributed by atoms with van der Waals surface area (Å²) in [5.41, 5.74) is 4.04. The molecule has 2 atom stereocenters. The van der Waals surface area contributed by atoms with Gasteiger partial charge in [-0.05, 0) is 31.1 Å². The molecule has 1 heterocycles. The van der Waals surface area contributed by atoms with E-state index in [0.717, 1.165) is 12.8 Å². The zero-order chi connectivity index (χ0) is 12.9. The summed E-state index contributed by atoms with van der Waals surface area (Å²) >= 11 is 0. The Morgan fingerprint density at radius 2 is 1.88 bits per heavy atom. The number of aliphatic hydroxyl groups is 1. The van der Waals surface area contributed by atoms with E-state index in [1.165, 1.54) is 0 Å². The topological polar surface area (TPSA) is 80.4 Å². The minimum absolute atomic E-state index is 0.0520. The van der Waals surface area contributed by atoms with E-state index in [4.69, 9.17) is 5.73 Å². The first-order chi connectivity index (χ1) is 7.68. The van der Waals surface area contributed by atoms with E-state index in [9.17, 15) is 13.5 Å². The van der Waals surface area contributed by atoms with Gasteiger partial charge in [0.05, 0.1) is 17.1 Å². The van der Waals surface area contributed by atoms with Crippen molar-refractivity contribution in [2.24, 2.45) is 16.6 Å². The number of sulfone groups is 1. The van der Waals surface area contributed by atoms with Gasteiger partial charge in [-0.2, -0.15) is 0 Å². The lowest BCUT2D eigenvalue weighted by atomic mass is 9.61. The van der Waals surface area contributed by atoms with Crippen LogP contribution in [0, 0.1) is 10.8 Å². The molecule has 5 heteroatoms. The van der Waals surface area contributed by atoms with Crippen LogP contribution in [0.5, 0.6) is 0 Å². The molecule has 1 aliphatic carbocycles. The van der Waals surface area contributed by atoms with Crippen molar-refractivity contribution in [2.45, 2.75) is 45.1 Å². The molecule has 3 N–H and O–H groups in total. The Hall–Kier alpha value is -0.130. The molecule has 0 spiro atoms. The molecule has 1 saturated carbocycles. The first kappa shape index (κ1) is 13.3. The van der Waals surface area contributed by atoms with Crippen molar-refractivity contribution in [3.63, 3.8) is 0 Å². The maximum atomic E-state index is 11.7. The summed E-state index contributed by atoms with van der Waals surface area (Å²) < 4.78 is 23.5. The standard InChI is InChI=1S/C12H23NO3S/c1-10(2)4-3-5-12(10,14)11(8-13)6-7-17(15,16)9-11/h14H,3-9,13H2,1-2H3. The second-order valence-electron chi connectivity index (χ2n) is 6.42. The highest BCUT2D eigenvalue weighted by molar-refractivity contribution is 7.91. The monoisotopic (exact) mass is 261 g/mol. The highest BCUT2D eigenvalue weighted by Gasteiger charge is 2.63. The fourth-order valence-corrected chi connectivity index (χ4v) is 6.08. The van der Waals surface area contributed by atoms with E-state index in [0.29, 0.717) is 12.8 Å². The molecule has 1 aliphatic heterocycles. The minimum atomic E-state index is -3.03. The van der Waals surface area contributed by atoms with Crippen molar-refractivity contribution in [3.05, 3.63) is 0 Å². The van der Waals surface area contributed by atoms with E-state index in [1.807, 2.05) is 13.8 Å². The van der Waals surface area contributed by atoms with E-state index < -0.39 is 20.9 Å². The van der Waals surface area contributed by atoms with Crippen molar-refractivity contribution in [1.29, 1.82) is 0 Å². The van der Waals surface area contributed by atoms with Gasteiger partial charge in [0.1, 0.15) is 0 Å². The molecule has 0 aromatic heterocycles. The van der Waals surface area contributed by atoms with Crippen LogP contribution in [0.4, 0.5) is 0 Å². The van der Waals surface area contributed by atoms with Crippen LogP contribution < -0.4 is 5.73 Å². The van der Waals surface area contributed by atoms with Crippen molar-refractivity contribution in [3.8, 4) is 0 Å². The summed E-state index contributed by atoms with van der Waals surface area (Å²) in [4.78, 5) is 0. The second kappa shape index (κ2) is 3.68.